The molecule has 0 aromatic rings. The molecule has 0 atom stereocenters. The molecule has 0 aliphatic rings. The van der Waals surface area contributed by atoms with Gasteiger partial charge in [0.1, 0.15) is 0 Å². The minimum atomic E-state index is -1.91. The van der Waals surface area contributed by atoms with Gasteiger partial charge in [-0.15, -0.1) is 0 Å². The number of rotatable bonds is 10. The van der Waals surface area contributed by atoms with Gasteiger partial charge >= 0.3 is 11.9 Å². The van der Waals surface area contributed by atoms with Crippen LogP contribution in [0.5, 0.6) is 0 Å². The van der Waals surface area contributed by atoms with Crippen LogP contribution in [0.1, 0.15) is 12.8 Å². The molecule has 6 heteroatoms. The first-order valence-electron chi connectivity index (χ1n) is 4.93. The molecule has 0 aromatic heterocycles. The average Bonchev–Trinajstić information content (AvgIpc) is 2.26. The van der Waals surface area contributed by atoms with Gasteiger partial charge in [-0.05, 0) is 0 Å². The van der Waals surface area contributed by atoms with Crippen LogP contribution < -0.4 is 0 Å². The van der Waals surface area contributed by atoms with Crippen LogP contribution in [0.4, 0.5) is 0 Å². The Labute approximate surface area is 99.1 Å². The van der Waals surface area contributed by atoms with Crippen molar-refractivity contribution in [2.24, 2.45) is 5.41 Å². The summed E-state index contributed by atoms with van der Waals surface area (Å²) in [6, 6.07) is 0. The molecule has 6 nitrogen and oxygen atoms in total. The predicted molar refractivity (Wildman–Crippen MR) is 59.2 cm³/mol. The van der Waals surface area contributed by atoms with Crippen molar-refractivity contribution in [1.82, 2.24) is 0 Å². The smallest absolute Gasteiger partial charge is 0.321 e. The number of aliphatic carboxylic acids is 2. The highest BCUT2D eigenvalue weighted by molar-refractivity contribution is 5.98. The van der Waals surface area contributed by atoms with Crippen LogP contribution in [-0.4, -0.2) is 35.4 Å². The van der Waals surface area contributed by atoms with Crippen molar-refractivity contribution >= 4 is 11.9 Å². The summed E-state index contributed by atoms with van der Waals surface area (Å²) in [5, 5.41) is 18.1. The molecule has 0 bridgehead atoms. The first-order valence-corrected chi connectivity index (χ1v) is 4.93. The standard InChI is InChI=1S/C11H16O6/c1-3-16-7-5-11(9(12)13,10(14)15)6-8-17-4-2/h3-4H,1-2,5-8H2,(H,12,13)(H,14,15). The summed E-state index contributed by atoms with van der Waals surface area (Å²) in [7, 11) is 0. The molecule has 17 heavy (non-hydrogen) atoms. The molecule has 0 unspecified atom stereocenters. The highest BCUT2D eigenvalue weighted by atomic mass is 16.5. The zero-order valence-electron chi connectivity index (χ0n) is 9.42. The van der Waals surface area contributed by atoms with Gasteiger partial charge in [-0.2, -0.15) is 0 Å². The lowest BCUT2D eigenvalue weighted by Gasteiger charge is -2.24. The molecule has 0 rings (SSSR count). The minimum absolute atomic E-state index is 0.0316. The zero-order valence-corrected chi connectivity index (χ0v) is 9.42. The fourth-order valence-electron chi connectivity index (χ4n) is 1.28. The summed E-state index contributed by atoms with van der Waals surface area (Å²) in [6.07, 6.45) is 1.94. The summed E-state index contributed by atoms with van der Waals surface area (Å²) >= 11 is 0. The molecular formula is C11H16O6. The second-order valence-corrected chi connectivity index (χ2v) is 3.27. The van der Waals surface area contributed by atoms with Crippen molar-refractivity contribution in [2.45, 2.75) is 12.8 Å². The second kappa shape index (κ2) is 7.32. The number of ether oxygens (including phenoxy) is 2. The van der Waals surface area contributed by atoms with E-state index in [-0.39, 0.29) is 26.1 Å². The van der Waals surface area contributed by atoms with E-state index in [0.717, 1.165) is 12.5 Å². The summed E-state index contributed by atoms with van der Waals surface area (Å²) in [5.41, 5.74) is -1.91. The molecule has 0 saturated heterocycles. The highest BCUT2D eigenvalue weighted by Gasteiger charge is 2.46. The van der Waals surface area contributed by atoms with E-state index in [2.05, 4.69) is 13.2 Å². The topological polar surface area (TPSA) is 93.1 Å². The molecule has 0 heterocycles. The van der Waals surface area contributed by atoms with Crippen molar-refractivity contribution in [1.29, 1.82) is 0 Å². The first-order chi connectivity index (χ1) is 8.01. The highest BCUT2D eigenvalue weighted by Crippen LogP contribution is 2.28. The predicted octanol–water partition coefficient (Wildman–Crippen LogP) is 1.24. The molecule has 96 valence electrons. The van der Waals surface area contributed by atoms with Crippen LogP contribution in [0.25, 0.3) is 0 Å². The van der Waals surface area contributed by atoms with Gasteiger partial charge in [0.05, 0.1) is 25.7 Å². The zero-order chi connectivity index (χ0) is 13.3. The Morgan fingerprint density at radius 3 is 1.59 bits per heavy atom. The maximum atomic E-state index is 11.1. The Balaban J connectivity index is 4.73. The largest absolute Gasteiger partial charge is 0.502 e. The van der Waals surface area contributed by atoms with Crippen molar-refractivity contribution in [3.8, 4) is 0 Å². The fourth-order valence-corrected chi connectivity index (χ4v) is 1.28. The van der Waals surface area contributed by atoms with Crippen molar-refractivity contribution in [3.63, 3.8) is 0 Å². The second-order valence-electron chi connectivity index (χ2n) is 3.27. The summed E-state index contributed by atoms with van der Waals surface area (Å²) in [4.78, 5) is 22.2. The molecule has 0 spiro atoms. The van der Waals surface area contributed by atoms with Gasteiger partial charge in [0, 0.05) is 12.8 Å². The summed E-state index contributed by atoms with van der Waals surface area (Å²) < 4.78 is 9.54. The van der Waals surface area contributed by atoms with Gasteiger partial charge in [-0.3, -0.25) is 9.59 Å². The minimum Gasteiger partial charge on any atom is -0.502 e. The maximum absolute atomic E-state index is 11.1. The third-order valence-corrected chi connectivity index (χ3v) is 2.35. The van der Waals surface area contributed by atoms with E-state index in [1.807, 2.05) is 0 Å². The Hall–Kier alpha value is -1.98. The van der Waals surface area contributed by atoms with Gasteiger partial charge in [-0.25, -0.2) is 0 Å². The van der Waals surface area contributed by atoms with E-state index >= 15 is 0 Å². The third-order valence-electron chi connectivity index (χ3n) is 2.35. The number of hydrogen-bond acceptors (Lipinski definition) is 4. The van der Waals surface area contributed by atoms with Gasteiger partial charge in [0.2, 0.25) is 0 Å². The lowest BCUT2D eigenvalue weighted by Crippen LogP contribution is -2.41. The monoisotopic (exact) mass is 244 g/mol. The van der Waals surface area contributed by atoms with E-state index in [1.165, 1.54) is 0 Å². The molecule has 0 aliphatic carbocycles. The molecule has 0 radical (unpaired) electrons. The average molecular weight is 244 g/mol. The quantitative estimate of drug-likeness (QED) is 0.341. The lowest BCUT2D eigenvalue weighted by molar-refractivity contribution is -0.167. The van der Waals surface area contributed by atoms with E-state index < -0.39 is 17.4 Å². The number of carboxylic acid groups (broad SMARTS) is 2. The third kappa shape index (κ3) is 4.18. The number of carbonyl (C=O) groups is 2. The van der Waals surface area contributed by atoms with Gasteiger partial charge in [-0.1, -0.05) is 13.2 Å². The number of carboxylic acids is 2. The van der Waals surface area contributed by atoms with Gasteiger partial charge < -0.3 is 19.7 Å². The van der Waals surface area contributed by atoms with E-state index in [1.54, 1.807) is 0 Å². The fraction of sp³-hybridized carbons (Fsp3) is 0.455. The normalized spacial score (nSPS) is 10.4. The van der Waals surface area contributed by atoms with Crippen molar-refractivity contribution in [2.75, 3.05) is 13.2 Å². The van der Waals surface area contributed by atoms with E-state index in [9.17, 15) is 9.59 Å². The Morgan fingerprint density at radius 2 is 1.35 bits per heavy atom. The first kappa shape index (κ1) is 15.0. The molecule has 0 saturated carbocycles. The van der Waals surface area contributed by atoms with Crippen LogP contribution in [0.15, 0.2) is 25.7 Å². The molecule has 0 amide bonds. The molecular weight excluding hydrogens is 228 g/mol. The Morgan fingerprint density at radius 1 is 1.00 bits per heavy atom. The van der Waals surface area contributed by atoms with Crippen LogP contribution in [0.2, 0.25) is 0 Å². The van der Waals surface area contributed by atoms with Crippen LogP contribution in [-0.2, 0) is 19.1 Å². The lowest BCUT2D eigenvalue weighted by atomic mass is 9.81. The summed E-state index contributed by atoms with van der Waals surface area (Å²) in [6.45, 7) is 6.52. The molecule has 0 aromatic carbocycles. The summed E-state index contributed by atoms with van der Waals surface area (Å²) in [5.74, 6) is -2.82. The van der Waals surface area contributed by atoms with Gasteiger partial charge in [0.15, 0.2) is 5.41 Å². The molecule has 0 aliphatic heterocycles. The SMILES string of the molecule is C=COCCC(CCOC=C)(C(=O)O)C(=O)O. The molecule has 0 fully saturated rings. The maximum Gasteiger partial charge on any atom is 0.321 e. The van der Waals surface area contributed by atoms with Crippen LogP contribution in [0, 0.1) is 5.41 Å². The number of hydrogen-bond donors (Lipinski definition) is 2. The molecule has 2 N–H and O–H groups in total. The van der Waals surface area contributed by atoms with Crippen LogP contribution >= 0.6 is 0 Å². The Bertz CT molecular complexity index is 266. The Kier molecular flexibility index (Phi) is 6.47. The van der Waals surface area contributed by atoms with Crippen LogP contribution in [0.3, 0.4) is 0 Å². The van der Waals surface area contributed by atoms with Gasteiger partial charge in [0.25, 0.3) is 0 Å². The van der Waals surface area contributed by atoms with Crippen molar-refractivity contribution in [3.05, 3.63) is 25.7 Å². The van der Waals surface area contributed by atoms with Crippen molar-refractivity contribution < 1.29 is 29.3 Å². The van der Waals surface area contributed by atoms with E-state index in [4.69, 9.17) is 19.7 Å². The van der Waals surface area contributed by atoms with E-state index in [0.29, 0.717) is 0 Å².